The number of halogens is 2. The average molecular weight is 410 g/mol. The van der Waals surface area contributed by atoms with E-state index in [1.165, 1.54) is 30.3 Å². The molecule has 0 unspecified atom stereocenters. The van der Waals surface area contributed by atoms with Crippen molar-refractivity contribution in [1.29, 1.82) is 0 Å². The molecule has 0 radical (unpaired) electrons. The number of fused-ring (bicyclic) bond motifs is 1. The molecule has 150 valence electrons. The minimum absolute atomic E-state index is 0.190. The molecule has 0 spiro atoms. The first-order chi connectivity index (χ1) is 15.1. The van der Waals surface area contributed by atoms with Crippen molar-refractivity contribution in [2.75, 3.05) is 0 Å². The lowest BCUT2D eigenvalue weighted by molar-refractivity contribution is 0.619. The first-order valence-electron chi connectivity index (χ1n) is 9.78. The van der Waals surface area contributed by atoms with Crippen molar-refractivity contribution in [2.24, 2.45) is 0 Å². The molecule has 0 aliphatic rings. The molecule has 5 aromatic rings. The third kappa shape index (κ3) is 3.64. The third-order valence-electron chi connectivity index (χ3n) is 5.22. The summed E-state index contributed by atoms with van der Waals surface area (Å²) in [6, 6.07) is 26.6. The SMILES string of the molecule is O=c1cc(-c2ccccc2)oc2cc(-c3ccc(F)cc3)cc(-c3ccc(F)cc3)c12. The molecule has 0 bridgehead atoms. The van der Waals surface area contributed by atoms with Gasteiger partial charge in [0.25, 0.3) is 0 Å². The van der Waals surface area contributed by atoms with E-state index in [0.29, 0.717) is 27.9 Å². The van der Waals surface area contributed by atoms with Crippen LogP contribution in [-0.4, -0.2) is 0 Å². The van der Waals surface area contributed by atoms with E-state index >= 15 is 0 Å². The molecule has 31 heavy (non-hydrogen) atoms. The fourth-order valence-electron chi connectivity index (χ4n) is 3.70. The van der Waals surface area contributed by atoms with Crippen LogP contribution in [0.1, 0.15) is 0 Å². The summed E-state index contributed by atoms with van der Waals surface area (Å²) in [5.41, 5.74) is 3.87. The smallest absolute Gasteiger partial charge is 0.193 e. The molecule has 0 aliphatic heterocycles. The van der Waals surface area contributed by atoms with E-state index in [4.69, 9.17) is 4.42 Å². The van der Waals surface area contributed by atoms with Crippen LogP contribution in [0.3, 0.4) is 0 Å². The summed E-state index contributed by atoms with van der Waals surface area (Å²) in [5.74, 6) is -0.234. The van der Waals surface area contributed by atoms with Crippen molar-refractivity contribution in [1.82, 2.24) is 0 Å². The molecule has 0 amide bonds. The van der Waals surface area contributed by atoms with Gasteiger partial charge in [-0.15, -0.1) is 0 Å². The van der Waals surface area contributed by atoms with E-state index in [9.17, 15) is 13.6 Å². The number of rotatable bonds is 3. The van der Waals surface area contributed by atoms with E-state index in [-0.39, 0.29) is 17.1 Å². The van der Waals surface area contributed by atoms with Crippen LogP contribution < -0.4 is 5.43 Å². The highest BCUT2D eigenvalue weighted by molar-refractivity contribution is 5.97. The highest BCUT2D eigenvalue weighted by Gasteiger charge is 2.15. The highest BCUT2D eigenvalue weighted by atomic mass is 19.1. The lowest BCUT2D eigenvalue weighted by Gasteiger charge is -2.12. The molecule has 0 N–H and O–H groups in total. The van der Waals surface area contributed by atoms with Gasteiger partial charge in [-0.2, -0.15) is 0 Å². The minimum Gasteiger partial charge on any atom is -0.456 e. The Hall–Kier alpha value is -4.05. The average Bonchev–Trinajstić information content (AvgIpc) is 2.80. The van der Waals surface area contributed by atoms with Crippen LogP contribution in [0.25, 0.3) is 44.5 Å². The molecule has 0 atom stereocenters. The fourth-order valence-corrected chi connectivity index (χ4v) is 3.70. The lowest BCUT2D eigenvalue weighted by Crippen LogP contribution is -2.03. The predicted molar refractivity (Wildman–Crippen MR) is 119 cm³/mol. The Balaban J connectivity index is 1.81. The minimum atomic E-state index is -0.360. The first-order valence-corrected chi connectivity index (χ1v) is 9.78. The Morgan fingerprint density at radius 3 is 1.84 bits per heavy atom. The Morgan fingerprint density at radius 1 is 0.581 bits per heavy atom. The maximum Gasteiger partial charge on any atom is 0.193 e. The van der Waals surface area contributed by atoms with Gasteiger partial charge in [0.2, 0.25) is 0 Å². The third-order valence-corrected chi connectivity index (χ3v) is 5.22. The van der Waals surface area contributed by atoms with Gasteiger partial charge in [0, 0.05) is 11.6 Å². The molecule has 0 fully saturated rings. The van der Waals surface area contributed by atoms with E-state index in [1.54, 1.807) is 30.3 Å². The van der Waals surface area contributed by atoms with Crippen molar-refractivity contribution in [3.8, 4) is 33.6 Å². The molecule has 4 aromatic carbocycles. The van der Waals surface area contributed by atoms with Gasteiger partial charge in [-0.3, -0.25) is 4.79 Å². The fraction of sp³-hybridized carbons (Fsp3) is 0. The quantitative estimate of drug-likeness (QED) is 0.318. The van der Waals surface area contributed by atoms with Gasteiger partial charge in [-0.05, 0) is 58.7 Å². The summed E-state index contributed by atoms with van der Waals surface area (Å²) in [6.07, 6.45) is 0. The van der Waals surface area contributed by atoms with Gasteiger partial charge >= 0.3 is 0 Å². The summed E-state index contributed by atoms with van der Waals surface area (Å²) in [4.78, 5) is 13.1. The van der Waals surface area contributed by atoms with Gasteiger partial charge in [-0.1, -0.05) is 54.6 Å². The summed E-state index contributed by atoms with van der Waals surface area (Å²) in [6.45, 7) is 0. The van der Waals surface area contributed by atoms with Crippen LogP contribution in [0, 0.1) is 11.6 Å². The van der Waals surface area contributed by atoms with E-state index in [0.717, 1.165) is 16.7 Å². The molecular formula is C27H16F2O2. The monoisotopic (exact) mass is 410 g/mol. The van der Waals surface area contributed by atoms with Crippen LogP contribution in [0.4, 0.5) is 8.78 Å². The summed E-state index contributed by atoms with van der Waals surface area (Å²) in [7, 11) is 0. The van der Waals surface area contributed by atoms with Gasteiger partial charge in [0.05, 0.1) is 5.39 Å². The van der Waals surface area contributed by atoms with Crippen LogP contribution in [0.15, 0.2) is 106 Å². The lowest BCUT2D eigenvalue weighted by atomic mass is 9.95. The zero-order valence-corrected chi connectivity index (χ0v) is 16.3. The van der Waals surface area contributed by atoms with Gasteiger partial charge in [-0.25, -0.2) is 8.78 Å². The molecule has 0 saturated carbocycles. The van der Waals surface area contributed by atoms with Crippen LogP contribution in [-0.2, 0) is 0 Å². The van der Waals surface area contributed by atoms with Gasteiger partial charge in [0.1, 0.15) is 23.0 Å². The van der Waals surface area contributed by atoms with E-state index in [1.807, 2.05) is 36.4 Å². The van der Waals surface area contributed by atoms with Crippen molar-refractivity contribution < 1.29 is 13.2 Å². The zero-order chi connectivity index (χ0) is 21.4. The Morgan fingerprint density at radius 2 is 1.19 bits per heavy atom. The van der Waals surface area contributed by atoms with Gasteiger partial charge in [0.15, 0.2) is 5.43 Å². The second-order valence-corrected chi connectivity index (χ2v) is 7.25. The molecular weight excluding hydrogens is 394 g/mol. The maximum absolute atomic E-state index is 13.5. The molecule has 2 nitrogen and oxygen atoms in total. The number of benzene rings is 4. The molecule has 4 heteroatoms. The van der Waals surface area contributed by atoms with Crippen LogP contribution >= 0.6 is 0 Å². The first kappa shape index (κ1) is 18.9. The number of hydrogen-bond donors (Lipinski definition) is 0. The maximum atomic E-state index is 13.5. The predicted octanol–water partition coefficient (Wildman–Crippen LogP) is 7.07. The Bertz CT molecular complexity index is 1440. The molecule has 5 rings (SSSR count). The van der Waals surface area contributed by atoms with E-state index in [2.05, 4.69) is 0 Å². The molecule has 0 saturated heterocycles. The zero-order valence-electron chi connectivity index (χ0n) is 16.3. The van der Waals surface area contributed by atoms with Gasteiger partial charge < -0.3 is 4.42 Å². The van der Waals surface area contributed by atoms with Crippen molar-refractivity contribution in [2.45, 2.75) is 0 Å². The molecule has 1 aromatic heterocycles. The largest absolute Gasteiger partial charge is 0.456 e. The Kier molecular flexibility index (Phi) is 4.68. The normalized spacial score (nSPS) is 11.0. The summed E-state index contributed by atoms with van der Waals surface area (Å²) < 4.78 is 33.1. The standard InChI is InChI=1S/C27H16F2O2/c28-21-10-6-17(7-11-21)20-14-23(18-8-12-22(29)13-9-18)27-24(30)16-25(31-26(27)15-20)19-4-2-1-3-5-19/h1-16H. The van der Waals surface area contributed by atoms with Crippen molar-refractivity contribution in [3.63, 3.8) is 0 Å². The second kappa shape index (κ2) is 7.65. The number of hydrogen-bond acceptors (Lipinski definition) is 2. The molecule has 0 aliphatic carbocycles. The summed E-state index contributed by atoms with van der Waals surface area (Å²) in [5, 5.41) is 0.414. The topological polar surface area (TPSA) is 30.2 Å². The Labute approximate surface area is 177 Å². The summed E-state index contributed by atoms with van der Waals surface area (Å²) >= 11 is 0. The highest BCUT2D eigenvalue weighted by Crippen LogP contribution is 2.34. The van der Waals surface area contributed by atoms with Crippen molar-refractivity contribution >= 4 is 11.0 Å². The molecule has 1 heterocycles. The van der Waals surface area contributed by atoms with Crippen LogP contribution in [0.5, 0.6) is 0 Å². The van der Waals surface area contributed by atoms with E-state index < -0.39 is 0 Å². The second-order valence-electron chi connectivity index (χ2n) is 7.25. The van der Waals surface area contributed by atoms with Crippen molar-refractivity contribution in [3.05, 3.63) is 119 Å². The van der Waals surface area contributed by atoms with Crippen LogP contribution in [0.2, 0.25) is 0 Å².